The van der Waals surface area contributed by atoms with E-state index in [-0.39, 0.29) is 18.1 Å². The van der Waals surface area contributed by atoms with Crippen LogP contribution in [0.3, 0.4) is 0 Å². The van der Waals surface area contributed by atoms with Crippen LogP contribution < -0.4 is 9.47 Å². The third-order valence-corrected chi connectivity index (χ3v) is 7.24. The van der Waals surface area contributed by atoms with Gasteiger partial charge in [-0.05, 0) is 81.8 Å². The van der Waals surface area contributed by atoms with Gasteiger partial charge in [0.15, 0.2) is 16.7 Å². The molecule has 1 aliphatic rings. The second-order valence-corrected chi connectivity index (χ2v) is 9.91. The first-order valence-electron chi connectivity index (χ1n) is 10.6. The van der Waals surface area contributed by atoms with E-state index in [1.54, 1.807) is 44.5 Å². The summed E-state index contributed by atoms with van der Waals surface area (Å²) in [5.41, 5.74) is 2.30. The van der Waals surface area contributed by atoms with Gasteiger partial charge in [-0.15, -0.1) is 0 Å². The van der Waals surface area contributed by atoms with Crippen molar-refractivity contribution in [3.05, 3.63) is 91.8 Å². The number of ether oxygens (including phenoxy) is 2. The molecule has 0 spiro atoms. The topological polar surface area (TPSA) is 88.4 Å². The summed E-state index contributed by atoms with van der Waals surface area (Å²) in [5, 5.41) is 10.2. The Kier molecular flexibility index (Phi) is 8.03. The molecule has 3 aromatic rings. The lowest BCUT2D eigenvalue weighted by Gasteiger charge is -2.14. The van der Waals surface area contributed by atoms with E-state index >= 15 is 0 Å². The SMILES string of the molecule is COc1cc(/C=C2\SC(=Nc3ccc(C(=O)O)cc3)N(C)C2=O)cc(Br)c1OCc1ccccc1Cl. The van der Waals surface area contributed by atoms with E-state index in [1.165, 1.54) is 28.8 Å². The molecule has 1 saturated heterocycles. The number of carbonyl (C=O) groups excluding carboxylic acids is 1. The average molecular weight is 588 g/mol. The van der Waals surface area contributed by atoms with Gasteiger partial charge >= 0.3 is 5.97 Å². The minimum atomic E-state index is -1.01. The molecule has 0 radical (unpaired) electrons. The minimum Gasteiger partial charge on any atom is -0.493 e. The summed E-state index contributed by atoms with van der Waals surface area (Å²) < 4.78 is 12.2. The van der Waals surface area contributed by atoms with E-state index in [4.69, 9.17) is 26.2 Å². The summed E-state index contributed by atoms with van der Waals surface area (Å²) in [6.45, 7) is 0.265. The molecule has 7 nitrogen and oxygen atoms in total. The van der Waals surface area contributed by atoms with Crippen molar-refractivity contribution in [2.75, 3.05) is 14.2 Å². The zero-order valence-electron chi connectivity index (χ0n) is 19.2. The third-order valence-electron chi connectivity index (χ3n) is 5.22. The number of aromatic carboxylic acids is 1. The number of hydrogen-bond acceptors (Lipinski definition) is 6. The number of carboxylic acid groups (broad SMARTS) is 1. The Morgan fingerprint density at radius 3 is 2.58 bits per heavy atom. The fourth-order valence-corrected chi connectivity index (χ4v) is 5.07. The molecule has 0 saturated carbocycles. The molecule has 0 aromatic heterocycles. The zero-order chi connectivity index (χ0) is 25.8. The normalized spacial score (nSPS) is 15.6. The van der Waals surface area contributed by atoms with Crippen molar-refractivity contribution in [3.8, 4) is 11.5 Å². The predicted molar refractivity (Wildman–Crippen MR) is 145 cm³/mol. The summed E-state index contributed by atoms with van der Waals surface area (Å²) in [6, 6.07) is 17.2. The van der Waals surface area contributed by atoms with Crippen LogP contribution >= 0.6 is 39.3 Å². The molecule has 1 fully saturated rings. The van der Waals surface area contributed by atoms with E-state index in [2.05, 4.69) is 20.9 Å². The number of nitrogens with zero attached hydrogens (tertiary/aromatic N) is 2. The van der Waals surface area contributed by atoms with Crippen LogP contribution in [0.1, 0.15) is 21.5 Å². The van der Waals surface area contributed by atoms with E-state index in [0.717, 1.165) is 11.1 Å². The molecule has 1 heterocycles. The van der Waals surface area contributed by atoms with Gasteiger partial charge in [0, 0.05) is 17.6 Å². The predicted octanol–water partition coefficient (Wildman–Crippen LogP) is 6.62. The maximum Gasteiger partial charge on any atom is 0.335 e. The molecule has 0 unspecified atom stereocenters. The lowest BCUT2D eigenvalue weighted by molar-refractivity contribution is -0.121. The van der Waals surface area contributed by atoms with Crippen molar-refractivity contribution in [1.29, 1.82) is 0 Å². The second-order valence-electron chi connectivity index (χ2n) is 7.64. The largest absolute Gasteiger partial charge is 0.493 e. The molecular weight excluding hydrogens is 568 g/mol. The number of thioether (sulfide) groups is 1. The number of rotatable bonds is 7. The summed E-state index contributed by atoms with van der Waals surface area (Å²) in [7, 11) is 3.19. The Bertz CT molecular complexity index is 1390. The summed E-state index contributed by atoms with van der Waals surface area (Å²) in [4.78, 5) is 30.3. The van der Waals surface area contributed by atoms with Gasteiger partial charge in [-0.3, -0.25) is 9.69 Å². The molecule has 1 N–H and O–H groups in total. The molecule has 36 heavy (non-hydrogen) atoms. The Labute approximate surface area is 225 Å². The Balaban J connectivity index is 1.56. The van der Waals surface area contributed by atoms with Crippen LogP contribution in [0.25, 0.3) is 6.08 Å². The Morgan fingerprint density at radius 2 is 1.92 bits per heavy atom. The van der Waals surface area contributed by atoms with Crippen LogP contribution in [0, 0.1) is 0 Å². The second kappa shape index (κ2) is 11.2. The van der Waals surface area contributed by atoms with E-state index < -0.39 is 5.97 Å². The number of hydrogen-bond donors (Lipinski definition) is 1. The fourth-order valence-electron chi connectivity index (χ4n) is 3.32. The van der Waals surface area contributed by atoms with Crippen LogP contribution in [0.2, 0.25) is 5.02 Å². The van der Waals surface area contributed by atoms with Crippen molar-refractivity contribution in [3.63, 3.8) is 0 Å². The Morgan fingerprint density at radius 1 is 1.19 bits per heavy atom. The zero-order valence-corrected chi connectivity index (χ0v) is 22.4. The van der Waals surface area contributed by atoms with Gasteiger partial charge in [-0.2, -0.15) is 0 Å². The molecule has 0 atom stereocenters. The van der Waals surface area contributed by atoms with E-state index in [0.29, 0.717) is 36.8 Å². The third kappa shape index (κ3) is 5.75. The maximum atomic E-state index is 12.8. The van der Waals surface area contributed by atoms with Crippen LogP contribution in [-0.2, 0) is 11.4 Å². The van der Waals surface area contributed by atoms with Crippen molar-refractivity contribution >= 4 is 68.1 Å². The highest BCUT2D eigenvalue weighted by Gasteiger charge is 2.30. The quantitative estimate of drug-likeness (QED) is 0.313. The first-order valence-corrected chi connectivity index (χ1v) is 12.6. The highest BCUT2D eigenvalue weighted by molar-refractivity contribution is 9.10. The van der Waals surface area contributed by atoms with Crippen LogP contribution in [0.5, 0.6) is 11.5 Å². The van der Waals surface area contributed by atoms with Gasteiger partial charge in [0.05, 0.1) is 27.7 Å². The highest BCUT2D eigenvalue weighted by atomic mass is 79.9. The average Bonchev–Trinajstić information content (AvgIpc) is 3.12. The van der Waals surface area contributed by atoms with Gasteiger partial charge in [-0.25, -0.2) is 9.79 Å². The van der Waals surface area contributed by atoms with Crippen molar-refractivity contribution in [1.82, 2.24) is 4.90 Å². The summed E-state index contributed by atoms with van der Waals surface area (Å²) in [5.74, 6) is -0.187. The molecule has 184 valence electrons. The molecule has 3 aromatic carbocycles. The molecule has 4 rings (SSSR count). The first-order chi connectivity index (χ1) is 17.3. The number of amides is 1. The van der Waals surface area contributed by atoms with Gasteiger partial charge < -0.3 is 14.6 Å². The van der Waals surface area contributed by atoms with Gasteiger partial charge in [-0.1, -0.05) is 29.8 Å². The number of likely N-dealkylation sites (N-methyl/N-ethyl adjacent to an activating group) is 1. The Hall–Kier alpha value is -3.27. The number of benzene rings is 3. The number of carbonyl (C=O) groups is 2. The number of carboxylic acids is 1. The van der Waals surface area contributed by atoms with Crippen LogP contribution in [0.4, 0.5) is 5.69 Å². The lowest BCUT2D eigenvalue weighted by Crippen LogP contribution is -2.23. The lowest BCUT2D eigenvalue weighted by atomic mass is 10.1. The smallest absolute Gasteiger partial charge is 0.335 e. The molecule has 10 heteroatoms. The van der Waals surface area contributed by atoms with Crippen LogP contribution in [-0.4, -0.2) is 41.2 Å². The molecule has 1 aliphatic heterocycles. The van der Waals surface area contributed by atoms with Crippen LogP contribution in [0.15, 0.2) is 75.0 Å². The van der Waals surface area contributed by atoms with E-state index in [1.807, 2.05) is 24.3 Å². The number of aliphatic imine (C=N–C) groups is 1. The highest BCUT2D eigenvalue weighted by Crippen LogP contribution is 2.40. The number of methoxy groups -OCH3 is 1. The summed E-state index contributed by atoms with van der Waals surface area (Å²) >= 11 is 11.0. The first kappa shape index (κ1) is 25.8. The molecule has 1 amide bonds. The number of halogens is 2. The monoisotopic (exact) mass is 586 g/mol. The molecule has 0 aliphatic carbocycles. The maximum absolute atomic E-state index is 12.8. The number of amidine groups is 1. The fraction of sp³-hybridized carbons (Fsp3) is 0.115. The van der Waals surface area contributed by atoms with Crippen molar-refractivity contribution in [2.45, 2.75) is 6.61 Å². The van der Waals surface area contributed by atoms with Gasteiger partial charge in [0.25, 0.3) is 5.91 Å². The van der Waals surface area contributed by atoms with Gasteiger partial charge in [0.1, 0.15) is 6.61 Å². The summed E-state index contributed by atoms with van der Waals surface area (Å²) in [6.07, 6.45) is 1.75. The van der Waals surface area contributed by atoms with E-state index in [9.17, 15) is 9.59 Å². The standard InChI is InChI=1S/C26H20BrClN2O5S/c1-30-24(31)22(36-26(30)29-18-9-7-16(8-10-18)25(32)33)13-15-11-19(27)23(21(12-15)34-2)35-14-17-5-3-4-6-20(17)28/h3-13H,14H2,1-2H3,(H,32,33)/b22-13-,29-26?. The van der Waals surface area contributed by atoms with Gasteiger partial charge in [0.2, 0.25) is 0 Å². The minimum absolute atomic E-state index is 0.168. The van der Waals surface area contributed by atoms with Crippen molar-refractivity contribution in [2.24, 2.45) is 4.99 Å². The molecular formula is C26H20BrClN2O5S. The van der Waals surface area contributed by atoms with Crippen molar-refractivity contribution < 1.29 is 24.2 Å². The molecule has 0 bridgehead atoms.